The number of hydrogen-bond acceptors (Lipinski definition) is 3. The minimum atomic E-state index is -0.428. The van der Waals surface area contributed by atoms with Gasteiger partial charge in [-0.1, -0.05) is 30.3 Å². The van der Waals surface area contributed by atoms with Gasteiger partial charge in [-0.05, 0) is 24.3 Å². The first-order valence-corrected chi connectivity index (χ1v) is 7.14. The quantitative estimate of drug-likeness (QED) is 0.426. The lowest BCUT2D eigenvalue weighted by Crippen LogP contribution is -1.89. The zero-order valence-corrected chi connectivity index (χ0v) is 12.0. The molecule has 0 unspecified atom stereocenters. The number of rotatable bonds is 3. The van der Waals surface area contributed by atoms with Gasteiger partial charge >= 0.3 is 0 Å². The van der Waals surface area contributed by atoms with Crippen molar-refractivity contribution >= 4 is 27.5 Å². The molecule has 0 aliphatic heterocycles. The van der Waals surface area contributed by atoms with Crippen LogP contribution in [0.5, 0.6) is 11.5 Å². The Labute approximate surface area is 131 Å². The Kier molecular flexibility index (Phi) is 2.98. The third-order valence-corrected chi connectivity index (χ3v) is 3.78. The van der Waals surface area contributed by atoms with Crippen LogP contribution in [-0.4, -0.2) is 9.91 Å². The number of nitro benzene ring substituents is 1. The first-order chi connectivity index (χ1) is 11.2. The summed E-state index contributed by atoms with van der Waals surface area (Å²) < 4.78 is 5.90. The van der Waals surface area contributed by atoms with E-state index >= 15 is 0 Å². The summed E-state index contributed by atoms with van der Waals surface area (Å²) in [6.07, 6.45) is 0. The molecule has 4 rings (SSSR count). The van der Waals surface area contributed by atoms with Crippen LogP contribution in [0.3, 0.4) is 0 Å². The number of para-hydroxylation sites is 2. The van der Waals surface area contributed by atoms with E-state index in [9.17, 15) is 10.1 Å². The van der Waals surface area contributed by atoms with Crippen LogP contribution in [0.2, 0.25) is 0 Å². The molecule has 0 saturated heterocycles. The van der Waals surface area contributed by atoms with E-state index in [2.05, 4.69) is 11.1 Å². The maximum absolute atomic E-state index is 10.7. The van der Waals surface area contributed by atoms with Gasteiger partial charge in [0.2, 0.25) is 0 Å². The van der Waals surface area contributed by atoms with Crippen molar-refractivity contribution in [3.63, 3.8) is 0 Å². The average molecular weight is 304 g/mol. The van der Waals surface area contributed by atoms with Crippen molar-refractivity contribution in [2.75, 3.05) is 0 Å². The number of non-ortho nitro benzene ring substituents is 1. The number of nitro groups is 1. The van der Waals surface area contributed by atoms with Gasteiger partial charge in [0.05, 0.1) is 10.4 Å². The Balaban J connectivity index is 1.78. The summed E-state index contributed by atoms with van der Waals surface area (Å²) in [4.78, 5) is 13.6. The van der Waals surface area contributed by atoms with Gasteiger partial charge < -0.3 is 9.72 Å². The minimum Gasteiger partial charge on any atom is -0.455 e. The molecule has 0 atom stereocenters. The Hall–Kier alpha value is -3.34. The Bertz CT molecular complexity index is 1020. The van der Waals surface area contributed by atoms with Crippen molar-refractivity contribution in [1.29, 1.82) is 0 Å². The second-order valence-electron chi connectivity index (χ2n) is 5.20. The molecule has 1 aromatic heterocycles. The second-order valence-corrected chi connectivity index (χ2v) is 5.20. The van der Waals surface area contributed by atoms with Crippen molar-refractivity contribution in [2.45, 2.75) is 0 Å². The molecule has 0 amide bonds. The summed E-state index contributed by atoms with van der Waals surface area (Å²) in [5, 5.41) is 12.9. The molecule has 0 spiro atoms. The predicted molar refractivity (Wildman–Crippen MR) is 89.0 cm³/mol. The maximum Gasteiger partial charge on any atom is 0.269 e. The lowest BCUT2D eigenvalue weighted by molar-refractivity contribution is -0.384. The summed E-state index contributed by atoms with van der Waals surface area (Å²) in [5.41, 5.74) is 2.00. The van der Waals surface area contributed by atoms with Gasteiger partial charge in [-0.3, -0.25) is 10.1 Å². The molecule has 1 heterocycles. The van der Waals surface area contributed by atoms with Gasteiger partial charge in [-0.25, -0.2) is 0 Å². The highest BCUT2D eigenvalue weighted by Gasteiger charge is 2.10. The molecule has 3 aromatic carbocycles. The first-order valence-electron chi connectivity index (χ1n) is 7.14. The predicted octanol–water partition coefficient (Wildman–Crippen LogP) is 5.02. The lowest BCUT2D eigenvalue weighted by atomic mass is 10.1. The van der Waals surface area contributed by atoms with Crippen LogP contribution in [0.25, 0.3) is 21.8 Å². The third-order valence-electron chi connectivity index (χ3n) is 3.78. The maximum atomic E-state index is 10.7. The molecule has 0 aliphatic rings. The van der Waals surface area contributed by atoms with Gasteiger partial charge in [-0.2, -0.15) is 0 Å². The number of hydrogen-bond donors (Lipinski definition) is 1. The van der Waals surface area contributed by atoms with Crippen molar-refractivity contribution in [3.8, 4) is 11.5 Å². The number of nitrogens with one attached hydrogen (secondary N) is 1. The number of aromatic nitrogens is 1. The van der Waals surface area contributed by atoms with E-state index in [1.165, 1.54) is 12.1 Å². The van der Waals surface area contributed by atoms with Crippen LogP contribution < -0.4 is 4.74 Å². The van der Waals surface area contributed by atoms with Crippen LogP contribution in [0.1, 0.15) is 0 Å². The Morgan fingerprint density at radius 1 is 0.870 bits per heavy atom. The Morgan fingerprint density at radius 2 is 1.61 bits per heavy atom. The molecule has 0 aliphatic carbocycles. The van der Waals surface area contributed by atoms with Crippen molar-refractivity contribution < 1.29 is 9.66 Å². The first kappa shape index (κ1) is 13.3. The van der Waals surface area contributed by atoms with Crippen LogP contribution in [0, 0.1) is 10.1 Å². The van der Waals surface area contributed by atoms with Crippen LogP contribution in [-0.2, 0) is 0 Å². The highest BCUT2D eigenvalue weighted by Crippen LogP contribution is 2.34. The van der Waals surface area contributed by atoms with Crippen molar-refractivity contribution in [3.05, 3.63) is 76.8 Å². The third kappa shape index (κ3) is 2.28. The molecule has 1 N–H and O–H groups in total. The van der Waals surface area contributed by atoms with Crippen LogP contribution in [0.4, 0.5) is 5.69 Å². The van der Waals surface area contributed by atoms with Gasteiger partial charge in [-0.15, -0.1) is 0 Å². The molecular formula is C18H12N2O3. The highest BCUT2D eigenvalue weighted by atomic mass is 16.6. The fraction of sp³-hybridized carbons (Fsp3) is 0. The molecule has 0 fully saturated rings. The summed E-state index contributed by atoms with van der Waals surface area (Å²) in [6.45, 7) is 0. The molecular weight excluding hydrogens is 292 g/mol. The SMILES string of the molecule is O=[N+]([O-])c1ccc(Oc2cccc3c2[nH]c2ccccc23)cc1. The van der Waals surface area contributed by atoms with Gasteiger partial charge in [0.1, 0.15) is 5.75 Å². The number of benzene rings is 3. The topological polar surface area (TPSA) is 68.2 Å². The zero-order valence-electron chi connectivity index (χ0n) is 12.0. The smallest absolute Gasteiger partial charge is 0.269 e. The minimum absolute atomic E-state index is 0.0428. The van der Waals surface area contributed by atoms with Crippen LogP contribution >= 0.6 is 0 Å². The van der Waals surface area contributed by atoms with E-state index in [-0.39, 0.29) is 5.69 Å². The van der Waals surface area contributed by atoms with Crippen molar-refractivity contribution in [2.24, 2.45) is 0 Å². The summed E-state index contributed by atoms with van der Waals surface area (Å²) in [6, 6.07) is 20.0. The van der Waals surface area contributed by atoms with Gasteiger partial charge in [0.25, 0.3) is 5.69 Å². The summed E-state index contributed by atoms with van der Waals surface area (Å²) in [7, 11) is 0. The highest BCUT2D eigenvalue weighted by molar-refractivity contribution is 6.09. The molecule has 0 radical (unpaired) electrons. The fourth-order valence-electron chi connectivity index (χ4n) is 2.69. The number of nitrogens with zero attached hydrogens (tertiary/aromatic N) is 1. The number of ether oxygens (including phenoxy) is 1. The molecule has 4 aromatic rings. The van der Waals surface area contributed by atoms with E-state index < -0.39 is 4.92 Å². The van der Waals surface area contributed by atoms with Crippen molar-refractivity contribution in [1.82, 2.24) is 4.98 Å². The molecule has 5 heteroatoms. The largest absolute Gasteiger partial charge is 0.455 e. The number of H-pyrrole nitrogens is 1. The van der Waals surface area contributed by atoms with E-state index in [0.29, 0.717) is 11.5 Å². The van der Waals surface area contributed by atoms with E-state index in [1.807, 2.05) is 36.4 Å². The molecule has 0 saturated carbocycles. The molecule has 5 nitrogen and oxygen atoms in total. The lowest BCUT2D eigenvalue weighted by Gasteiger charge is -2.06. The molecule has 0 bridgehead atoms. The van der Waals surface area contributed by atoms with Gasteiger partial charge in [0, 0.05) is 28.4 Å². The normalized spacial score (nSPS) is 11.0. The number of aromatic amines is 1. The monoisotopic (exact) mass is 304 g/mol. The summed E-state index contributed by atoms with van der Waals surface area (Å²) >= 11 is 0. The van der Waals surface area contributed by atoms with Gasteiger partial charge in [0.15, 0.2) is 5.75 Å². The van der Waals surface area contributed by atoms with E-state index in [0.717, 1.165) is 21.8 Å². The van der Waals surface area contributed by atoms with E-state index in [1.54, 1.807) is 12.1 Å². The standard InChI is InChI=1S/C18H12N2O3/c21-20(22)12-8-10-13(11-9-12)23-17-7-3-5-15-14-4-1-2-6-16(14)19-18(15)17/h1-11,19H. The summed E-state index contributed by atoms with van der Waals surface area (Å²) in [5.74, 6) is 1.24. The van der Waals surface area contributed by atoms with E-state index in [4.69, 9.17) is 4.74 Å². The molecule has 23 heavy (non-hydrogen) atoms. The second kappa shape index (κ2) is 5.14. The zero-order chi connectivity index (χ0) is 15.8. The Morgan fingerprint density at radius 3 is 2.39 bits per heavy atom. The fourth-order valence-corrected chi connectivity index (χ4v) is 2.69. The average Bonchev–Trinajstić information content (AvgIpc) is 2.95. The van der Waals surface area contributed by atoms with Crippen LogP contribution in [0.15, 0.2) is 66.7 Å². The molecule has 112 valence electrons. The number of fused-ring (bicyclic) bond motifs is 3.